The van der Waals surface area contributed by atoms with Gasteiger partial charge in [0.05, 0.1) is 16.5 Å². The van der Waals surface area contributed by atoms with Crippen molar-refractivity contribution in [2.45, 2.75) is 41.6 Å². The number of H-pyrrole nitrogens is 1. The Morgan fingerprint density at radius 3 is 2.62 bits per heavy atom. The van der Waals surface area contributed by atoms with E-state index in [2.05, 4.69) is 25.5 Å². The molecule has 0 bridgehead atoms. The lowest BCUT2D eigenvalue weighted by molar-refractivity contribution is 0.190. The molecule has 5 rings (SSSR count). The number of piperidine rings is 1. The van der Waals surface area contributed by atoms with Crippen LogP contribution in [0.25, 0.3) is 22.1 Å². The lowest BCUT2D eigenvalue weighted by Crippen LogP contribution is -2.35. The van der Waals surface area contributed by atoms with Crippen molar-refractivity contribution >= 4 is 31.9 Å². The molecule has 10 heteroatoms. The second-order valence-corrected chi connectivity index (χ2v) is 10.5. The van der Waals surface area contributed by atoms with E-state index in [0.717, 1.165) is 49.2 Å². The third kappa shape index (κ3) is 3.86. The van der Waals surface area contributed by atoms with Crippen molar-refractivity contribution in [2.75, 3.05) is 26.2 Å². The number of nitrogens with one attached hydrogen (secondary N) is 1. The molecule has 3 aromatic heterocycles. The highest BCUT2D eigenvalue weighted by atomic mass is 32.2. The highest BCUT2D eigenvalue weighted by Crippen LogP contribution is 2.36. The molecule has 0 spiro atoms. The van der Waals surface area contributed by atoms with Gasteiger partial charge in [0.15, 0.2) is 5.03 Å². The van der Waals surface area contributed by atoms with Gasteiger partial charge in [-0.05, 0) is 37.6 Å². The minimum Gasteiger partial charge on any atom is -0.346 e. The van der Waals surface area contributed by atoms with E-state index in [-0.39, 0.29) is 16.0 Å². The fourth-order valence-corrected chi connectivity index (χ4v) is 6.24. The van der Waals surface area contributed by atoms with Crippen LogP contribution in [0, 0.1) is 11.3 Å². The Hall–Kier alpha value is -3.26. The first-order valence-corrected chi connectivity index (χ1v) is 13.0. The van der Waals surface area contributed by atoms with Crippen LogP contribution in [-0.2, 0) is 16.3 Å². The number of hydrogen-bond acceptors (Lipinski definition) is 7. The summed E-state index contributed by atoms with van der Waals surface area (Å²) >= 11 is 0. The lowest BCUT2D eigenvalue weighted by Gasteiger charge is -2.33. The van der Waals surface area contributed by atoms with Crippen LogP contribution in [0.4, 0.5) is 0 Å². The standard InChI is InChI=1S/C24H27N7O2S/c25-11-4-14-30-15-9-17(10-16-30)31-20(7-12-26)28-21-22(31)19-8-13-27-23(19)29-24(21)34(32,33)18-5-2-1-3-6-18/h1-3,5-6,8,13,17H,4,7,9-10,12,14-16,26H2,(H,27,29). The largest absolute Gasteiger partial charge is 0.346 e. The first kappa shape index (κ1) is 22.5. The molecule has 0 unspecified atom stereocenters. The smallest absolute Gasteiger partial charge is 0.226 e. The van der Waals surface area contributed by atoms with Crippen LogP contribution in [0.2, 0.25) is 0 Å². The number of fused-ring (bicyclic) bond motifs is 3. The minimum absolute atomic E-state index is 0.0351. The molecule has 4 heterocycles. The van der Waals surface area contributed by atoms with Crippen LogP contribution in [0.5, 0.6) is 0 Å². The fraction of sp³-hybridized carbons (Fsp3) is 0.375. The number of imidazole rings is 1. The number of nitrogens with zero attached hydrogens (tertiary/aromatic N) is 5. The number of aromatic nitrogens is 4. The zero-order chi connectivity index (χ0) is 23.7. The van der Waals surface area contributed by atoms with Crippen LogP contribution in [0.3, 0.4) is 0 Å². The third-order valence-electron chi connectivity index (χ3n) is 6.52. The summed E-state index contributed by atoms with van der Waals surface area (Å²) in [4.78, 5) is 15.0. The summed E-state index contributed by atoms with van der Waals surface area (Å²) in [5.41, 5.74) is 7.64. The minimum atomic E-state index is -3.88. The van der Waals surface area contributed by atoms with Crippen LogP contribution in [-0.4, -0.2) is 59.0 Å². The second-order valence-electron chi connectivity index (χ2n) is 8.59. The molecular formula is C24H27N7O2S. The molecule has 176 valence electrons. The number of likely N-dealkylation sites (tertiary alicyclic amines) is 1. The maximum atomic E-state index is 13.6. The van der Waals surface area contributed by atoms with Crippen molar-refractivity contribution in [1.29, 1.82) is 5.26 Å². The zero-order valence-electron chi connectivity index (χ0n) is 18.8. The van der Waals surface area contributed by atoms with Crippen LogP contribution >= 0.6 is 0 Å². The molecule has 1 aliphatic rings. The first-order valence-electron chi connectivity index (χ1n) is 11.5. The molecule has 34 heavy (non-hydrogen) atoms. The molecule has 1 fully saturated rings. The maximum absolute atomic E-state index is 13.6. The Morgan fingerprint density at radius 1 is 1.15 bits per heavy atom. The summed E-state index contributed by atoms with van der Waals surface area (Å²) in [5.74, 6) is 0.785. The van der Waals surface area contributed by atoms with Gasteiger partial charge in [-0.3, -0.25) is 0 Å². The number of pyridine rings is 1. The quantitative estimate of drug-likeness (QED) is 0.418. The number of rotatable bonds is 7. The molecule has 0 saturated carbocycles. The molecule has 0 aliphatic carbocycles. The topological polar surface area (TPSA) is 134 Å². The van der Waals surface area contributed by atoms with Gasteiger partial charge in [0.2, 0.25) is 9.84 Å². The van der Waals surface area contributed by atoms with Gasteiger partial charge in [-0.15, -0.1) is 0 Å². The van der Waals surface area contributed by atoms with Gasteiger partial charge in [-0.25, -0.2) is 18.4 Å². The molecule has 1 aromatic carbocycles. The highest BCUT2D eigenvalue weighted by molar-refractivity contribution is 7.91. The molecule has 0 amide bonds. The van der Waals surface area contributed by atoms with Gasteiger partial charge in [0, 0.05) is 50.1 Å². The number of sulfone groups is 1. The number of hydrogen-bond donors (Lipinski definition) is 2. The maximum Gasteiger partial charge on any atom is 0.226 e. The van der Waals surface area contributed by atoms with Crippen molar-refractivity contribution in [3.05, 3.63) is 48.4 Å². The molecule has 1 aliphatic heterocycles. The van der Waals surface area contributed by atoms with Crippen molar-refractivity contribution in [2.24, 2.45) is 5.73 Å². The number of aromatic amines is 1. The monoisotopic (exact) mass is 477 g/mol. The zero-order valence-corrected chi connectivity index (χ0v) is 19.6. The molecule has 4 aromatic rings. The predicted molar refractivity (Wildman–Crippen MR) is 129 cm³/mol. The summed E-state index contributed by atoms with van der Waals surface area (Å²) in [7, 11) is -3.88. The van der Waals surface area contributed by atoms with E-state index in [9.17, 15) is 8.42 Å². The van der Waals surface area contributed by atoms with E-state index in [0.29, 0.717) is 30.6 Å². The lowest BCUT2D eigenvalue weighted by atomic mass is 10.0. The van der Waals surface area contributed by atoms with Crippen LogP contribution in [0.15, 0.2) is 52.5 Å². The first-order chi connectivity index (χ1) is 16.5. The van der Waals surface area contributed by atoms with Gasteiger partial charge >= 0.3 is 0 Å². The average Bonchev–Trinajstić information content (AvgIpc) is 3.47. The van der Waals surface area contributed by atoms with Crippen molar-refractivity contribution in [1.82, 2.24) is 24.4 Å². The average molecular weight is 478 g/mol. The van der Waals surface area contributed by atoms with Crippen LogP contribution in [0.1, 0.15) is 31.1 Å². The highest BCUT2D eigenvalue weighted by Gasteiger charge is 2.31. The fourth-order valence-electron chi connectivity index (χ4n) is 4.89. The SMILES string of the molecule is N#CCCN1CCC(n2c(CCN)nc3c(S(=O)(=O)c4ccccc4)nc4[nH]ccc4c32)CC1. The van der Waals surface area contributed by atoms with E-state index >= 15 is 0 Å². The molecule has 0 atom stereocenters. The molecular weight excluding hydrogens is 450 g/mol. The van der Waals surface area contributed by atoms with E-state index in [1.165, 1.54) is 0 Å². The Morgan fingerprint density at radius 2 is 1.91 bits per heavy atom. The second kappa shape index (κ2) is 9.18. The van der Waals surface area contributed by atoms with E-state index < -0.39 is 9.84 Å². The molecule has 3 N–H and O–H groups in total. The number of nitriles is 1. The summed E-state index contributed by atoms with van der Waals surface area (Å²) in [6.07, 6.45) is 4.63. The van der Waals surface area contributed by atoms with Gasteiger partial charge in [-0.1, -0.05) is 18.2 Å². The summed E-state index contributed by atoms with van der Waals surface area (Å²) < 4.78 is 29.5. The molecule has 1 saturated heterocycles. The predicted octanol–water partition coefficient (Wildman–Crippen LogP) is 2.80. The molecule has 0 radical (unpaired) electrons. The Kier molecular flexibility index (Phi) is 6.08. The van der Waals surface area contributed by atoms with E-state index in [4.69, 9.17) is 16.0 Å². The number of nitrogens with two attached hydrogens (primary N) is 1. The third-order valence-corrected chi connectivity index (χ3v) is 8.20. The van der Waals surface area contributed by atoms with Crippen molar-refractivity contribution in [3.8, 4) is 6.07 Å². The van der Waals surface area contributed by atoms with Crippen LogP contribution < -0.4 is 5.73 Å². The Balaban J connectivity index is 1.68. The van der Waals surface area contributed by atoms with Crippen molar-refractivity contribution in [3.63, 3.8) is 0 Å². The summed E-state index contributed by atoms with van der Waals surface area (Å²) in [5, 5.41) is 9.72. The van der Waals surface area contributed by atoms with Crippen molar-refractivity contribution < 1.29 is 8.42 Å². The van der Waals surface area contributed by atoms with E-state index in [1.54, 1.807) is 36.5 Å². The Labute approximate surface area is 198 Å². The summed E-state index contributed by atoms with van der Waals surface area (Å²) in [6, 6.07) is 12.7. The summed E-state index contributed by atoms with van der Waals surface area (Å²) in [6.45, 7) is 2.94. The van der Waals surface area contributed by atoms with Gasteiger partial charge in [0.25, 0.3) is 0 Å². The van der Waals surface area contributed by atoms with Gasteiger partial charge in [-0.2, -0.15) is 5.26 Å². The molecule has 9 nitrogen and oxygen atoms in total. The van der Waals surface area contributed by atoms with E-state index in [1.807, 2.05) is 6.07 Å². The normalized spacial score (nSPS) is 15.8. The Bertz CT molecular complexity index is 1460. The number of benzene rings is 1. The van der Waals surface area contributed by atoms with Gasteiger partial charge in [0.1, 0.15) is 17.0 Å². The van der Waals surface area contributed by atoms with Gasteiger partial charge < -0.3 is 20.2 Å².